The highest BCUT2D eigenvalue weighted by Gasteiger charge is 2.62. The molecule has 0 spiro atoms. The van der Waals surface area contributed by atoms with Gasteiger partial charge in [0.2, 0.25) is 5.56 Å². The van der Waals surface area contributed by atoms with Gasteiger partial charge in [0.1, 0.15) is 5.82 Å². The summed E-state index contributed by atoms with van der Waals surface area (Å²) in [5, 5.41) is 23.9. The Morgan fingerprint density at radius 1 is 1.12 bits per heavy atom. The van der Waals surface area contributed by atoms with Crippen molar-refractivity contribution in [2.24, 2.45) is 0 Å². The Kier molecular flexibility index (Phi) is 5.15. The number of alkyl halides is 3. The summed E-state index contributed by atoms with van der Waals surface area (Å²) in [6.07, 6.45) is -5.77. The Bertz CT molecular complexity index is 1260. The number of rotatable bonds is 3. The van der Waals surface area contributed by atoms with Crippen LogP contribution in [-0.2, 0) is 0 Å². The van der Waals surface area contributed by atoms with Crippen LogP contribution in [0.3, 0.4) is 0 Å². The van der Waals surface area contributed by atoms with Crippen LogP contribution in [0.1, 0.15) is 42.9 Å². The van der Waals surface area contributed by atoms with E-state index in [2.05, 4.69) is 10.3 Å². The Balaban J connectivity index is 1.95. The summed E-state index contributed by atoms with van der Waals surface area (Å²) >= 11 is 0. The van der Waals surface area contributed by atoms with E-state index in [-0.39, 0.29) is 34.1 Å². The number of aromatic amines is 1. The van der Waals surface area contributed by atoms with Crippen molar-refractivity contribution in [3.63, 3.8) is 0 Å². The molecule has 3 atom stereocenters. The van der Waals surface area contributed by atoms with Crippen LogP contribution < -0.4 is 10.9 Å². The maximum atomic E-state index is 14.2. The molecule has 0 fully saturated rings. The van der Waals surface area contributed by atoms with E-state index in [1.165, 1.54) is 12.1 Å². The number of nitrogens with one attached hydrogen (secondary N) is 2. The van der Waals surface area contributed by atoms with Crippen LogP contribution in [0.4, 0.5) is 27.6 Å². The third-order valence-corrected chi connectivity index (χ3v) is 6.08. The van der Waals surface area contributed by atoms with Gasteiger partial charge in [-0.3, -0.25) is 4.79 Å². The largest absolute Gasteiger partial charge is 0.505 e. The molecule has 0 saturated heterocycles. The van der Waals surface area contributed by atoms with E-state index in [0.717, 1.165) is 24.3 Å². The predicted octanol–water partition coefficient (Wildman–Crippen LogP) is 4.86. The first kappa shape index (κ1) is 22.1. The van der Waals surface area contributed by atoms with Gasteiger partial charge in [0.05, 0.1) is 11.6 Å². The normalized spacial score (nSPS) is 23.2. The number of halogens is 5. The van der Waals surface area contributed by atoms with Gasteiger partial charge >= 0.3 is 6.18 Å². The molecule has 0 amide bonds. The van der Waals surface area contributed by atoms with Gasteiger partial charge < -0.3 is 20.5 Å². The van der Waals surface area contributed by atoms with Gasteiger partial charge in [-0.1, -0.05) is 13.0 Å². The first-order valence-electron chi connectivity index (χ1n) is 9.86. The van der Waals surface area contributed by atoms with Crippen LogP contribution in [0.25, 0.3) is 10.9 Å². The van der Waals surface area contributed by atoms with Gasteiger partial charge in [0.15, 0.2) is 17.2 Å². The third-order valence-electron chi connectivity index (χ3n) is 6.08. The zero-order valence-corrected chi connectivity index (χ0v) is 16.7. The lowest BCUT2D eigenvalue weighted by Crippen LogP contribution is -2.55. The lowest BCUT2D eigenvalue weighted by atomic mass is 9.69. The monoisotopic (exact) mass is 454 g/mol. The summed E-state index contributed by atoms with van der Waals surface area (Å²) in [6, 6.07) is 4.56. The number of H-pyrrole nitrogens is 1. The minimum Gasteiger partial charge on any atom is -0.505 e. The lowest BCUT2D eigenvalue weighted by molar-refractivity contribution is -0.272. The molecule has 1 aliphatic rings. The summed E-state index contributed by atoms with van der Waals surface area (Å²) in [5.41, 5.74) is -4.22. The molecule has 0 bridgehead atoms. The number of phenolic OH excluding ortho intramolecular Hbond substituents is 1. The molecule has 0 radical (unpaired) electrons. The molecule has 1 aromatic heterocycles. The van der Waals surface area contributed by atoms with E-state index < -0.39 is 53.1 Å². The molecule has 1 aliphatic carbocycles. The topological polar surface area (TPSA) is 85.4 Å². The molecule has 170 valence electrons. The molecule has 4 rings (SSSR count). The highest BCUT2D eigenvalue weighted by molar-refractivity contribution is 5.91. The number of aromatic hydroxyl groups is 1. The van der Waals surface area contributed by atoms with Crippen LogP contribution in [-0.4, -0.2) is 27.0 Å². The second kappa shape index (κ2) is 7.47. The molecule has 0 unspecified atom stereocenters. The Morgan fingerprint density at radius 3 is 2.47 bits per heavy atom. The van der Waals surface area contributed by atoms with Crippen molar-refractivity contribution in [1.82, 2.24) is 4.98 Å². The molecule has 0 saturated carbocycles. The van der Waals surface area contributed by atoms with Gasteiger partial charge in [0.25, 0.3) is 0 Å². The predicted molar refractivity (Wildman–Crippen MR) is 108 cm³/mol. The molecule has 0 aliphatic heterocycles. The average Bonchev–Trinajstić information content (AvgIpc) is 2.73. The van der Waals surface area contributed by atoms with Crippen molar-refractivity contribution >= 4 is 16.6 Å². The van der Waals surface area contributed by atoms with E-state index in [1.807, 2.05) is 0 Å². The van der Waals surface area contributed by atoms with Crippen molar-refractivity contribution < 1.29 is 32.2 Å². The first-order chi connectivity index (χ1) is 15.0. The summed E-state index contributed by atoms with van der Waals surface area (Å²) in [5.74, 6) is -3.49. The minimum absolute atomic E-state index is 0.00929. The molecule has 32 heavy (non-hydrogen) atoms. The van der Waals surface area contributed by atoms with Crippen LogP contribution in [0, 0.1) is 11.6 Å². The van der Waals surface area contributed by atoms with E-state index in [4.69, 9.17) is 0 Å². The minimum atomic E-state index is -5.08. The Hall–Kier alpha value is -3.14. The fourth-order valence-corrected chi connectivity index (χ4v) is 4.45. The number of pyridine rings is 1. The van der Waals surface area contributed by atoms with E-state index in [1.54, 1.807) is 6.92 Å². The van der Waals surface area contributed by atoms with Crippen LogP contribution >= 0.6 is 0 Å². The third kappa shape index (κ3) is 3.29. The molecule has 4 N–H and O–H groups in total. The standard InChI is InChI=1S/C22H19F5N2O3/c1-2-10-9-21(32,22(25,26)27)20(12-3-5-14(24)19(31)17(10)12)28-15-7-6-13(23)18-11(15)4-8-16(30)29-18/h3-8,10,20,28,31-32H,2,9H2,1H3,(H,29,30)/t10-,20-,21+/m0/s1. The quantitative estimate of drug-likeness (QED) is 0.426. The number of hydrogen-bond acceptors (Lipinski definition) is 4. The molecule has 2 aromatic carbocycles. The van der Waals surface area contributed by atoms with Gasteiger partial charge in [-0.15, -0.1) is 0 Å². The van der Waals surface area contributed by atoms with Crippen molar-refractivity contribution in [3.8, 4) is 5.75 Å². The molecule has 5 nitrogen and oxygen atoms in total. The Labute approximate surface area is 178 Å². The molecule has 1 heterocycles. The van der Waals surface area contributed by atoms with Gasteiger partial charge in [-0.2, -0.15) is 13.2 Å². The van der Waals surface area contributed by atoms with Crippen LogP contribution in [0.5, 0.6) is 5.75 Å². The summed E-state index contributed by atoms with van der Waals surface area (Å²) in [4.78, 5) is 13.9. The molecule has 10 heteroatoms. The SMILES string of the molecule is CC[C@H]1C[C@](O)(C(F)(F)F)[C@@H](Nc2ccc(F)c3[nH]c(=O)ccc23)c2ccc(F)c(O)c21. The van der Waals surface area contributed by atoms with Gasteiger partial charge in [-0.25, -0.2) is 8.78 Å². The zero-order valence-electron chi connectivity index (χ0n) is 16.7. The summed E-state index contributed by atoms with van der Waals surface area (Å²) in [6.45, 7) is 1.58. The van der Waals surface area contributed by atoms with Crippen LogP contribution in [0.2, 0.25) is 0 Å². The van der Waals surface area contributed by atoms with Crippen molar-refractivity contribution in [3.05, 3.63) is 69.5 Å². The number of fused-ring (bicyclic) bond motifs is 2. The maximum absolute atomic E-state index is 14.2. The van der Waals surface area contributed by atoms with E-state index in [0.29, 0.717) is 0 Å². The van der Waals surface area contributed by atoms with Crippen molar-refractivity contribution in [2.45, 2.75) is 43.5 Å². The fraction of sp³-hybridized carbons (Fsp3) is 0.318. The number of phenols is 1. The number of anilines is 1. The zero-order chi connectivity index (χ0) is 23.4. The second-order valence-corrected chi connectivity index (χ2v) is 7.91. The highest BCUT2D eigenvalue weighted by atomic mass is 19.4. The number of aliphatic hydroxyl groups is 1. The van der Waals surface area contributed by atoms with Crippen molar-refractivity contribution in [1.29, 1.82) is 0 Å². The summed E-state index contributed by atoms with van der Waals surface area (Å²) < 4.78 is 70.7. The van der Waals surface area contributed by atoms with Crippen LogP contribution in [0.15, 0.2) is 41.2 Å². The molecular weight excluding hydrogens is 435 g/mol. The van der Waals surface area contributed by atoms with E-state index in [9.17, 15) is 37.0 Å². The highest BCUT2D eigenvalue weighted by Crippen LogP contribution is 2.55. The van der Waals surface area contributed by atoms with Gasteiger partial charge in [-0.05, 0) is 48.6 Å². The average molecular weight is 454 g/mol. The number of benzene rings is 2. The van der Waals surface area contributed by atoms with Crippen molar-refractivity contribution in [2.75, 3.05) is 5.32 Å². The first-order valence-corrected chi connectivity index (χ1v) is 9.86. The summed E-state index contributed by atoms with van der Waals surface area (Å²) in [7, 11) is 0. The Morgan fingerprint density at radius 2 is 1.81 bits per heavy atom. The van der Waals surface area contributed by atoms with Gasteiger partial charge in [0, 0.05) is 22.7 Å². The van der Waals surface area contributed by atoms with E-state index >= 15 is 0 Å². The maximum Gasteiger partial charge on any atom is 0.419 e. The number of hydrogen-bond donors (Lipinski definition) is 4. The second-order valence-electron chi connectivity index (χ2n) is 7.91. The lowest BCUT2D eigenvalue weighted by Gasteiger charge is -2.45. The molecule has 3 aromatic rings. The number of aromatic nitrogens is 1. The fourth-order valence-electron chi connectivity index (χ4n) is 4.45. The smallest absolute Gasteiger partial charge is 0.419 e. The molecular formula is C22H19F5N2O3.